The Hall–Kier alpha value is -2.31. The zero-order chi connectivity index (χ0) is 18.8. The molecular formula is C20H18ClN3O2S. The number of carbonyl (C=O) groups excluding carboxylic acids is 1. The Morgan fingerprint density at radius 2 is 1.89 bits per heavy atom. The number of ether oxygens (including phenoxy) is 1. The minimum atomic E-state index is -0.253. The average Bonchev–Trinajstić information content (AvgIpc) is 3.20. The normalized spacial score (nSPS) is 19.3. The maximum atomic E-state index is 12.1. The summed E-state index contributed by atoms with van der Waals surface area (Å²) in [4.78, 5) is 12.1. The molecule has 7 heteroatoms. The first-order valence-corrected chi connectivity index (χ1v) is 9.96. The van der Waals surface area contributed by atoms with Crippen LogP contribution in [0, 0.1) is 0 Å². The largest absolute Gasteiger partial charge is 0.462 e. The lowest BCUT2D eigenvalue weighted by atomic mass is 10.2. The number of halogens is 1. The molecule has 1 aliphatic rings. The molecule has 0 saturated carbocycles. The topological polar surface area (TPSA) is 57.0 Å². The summed E-state index contributed by atoms with van der Waals surface area (Å²) in [6.45, 7) is 2.53. The van der Waals surface area contributed by atoms with Crippen LogP contribution in [0.1, 0.15) is 18.9 Å². The Balaban J connectivity index is 1.70. The SMILES string of the molecule is C[C@@H]1C[C@H](Sc2nnc(-c3ccc(Cl)cc3)n2Cc2ccccc2)C(=O)O1. The van der Waals surface area contributed by atoms with E-state index in [1.54, 1.807) is 0 Å². The second-order valence-corrected chi connectivity index (χ2v) is 8.08. The molecule has 5 nitrogen and oxygen atoms in total. The molecule has 4 rings (SSSR count). The number of carbonyl (C=O) groups is 1. The number of benzene rings is 2. The average molecular weight is 400 g/mol. The highest BCUT2D eigenvalue weighted by Gasteiger charge is 2.34. The molecule has 0 radical (unpaired) electrons. The fraction of sp³-hybridized carbons (Fsp3) is 0.250. The van der Waals surface area contributed by atoms with Crippen LogP contribution in [0.5, 0.6) is 0 Å². The maximum absolute atomic E-state index is 12.1. The van der Waals surface area contributed by atoms with E-state index in [4.69, 9.17) is 16.3 Å². The molecule has 138 valence electrons. The first-order chi connectivity index (χ1) is 13.1. The highest BCUT2D eigenvalue weighted by Crippen LogP contribution is 2.33. The molecule has 0 spiro atoms. The molecule has 0 aliphatic carbocycles. The molecule has 0 unspecified atom stereocenters. The number of thioether (sulfide) groups is 1. The van der Waals surface area contributed by atoms with Crippen molar-refractivity contribution in [2.45, 2.75) is 36.4 Å². The minimum Gasteiger partial charge on any atom is -0.462 e. The quantitative estimate of drug-likeness (QED) is 0.593. The minimum absolute atomic E-state index is 0.0590. The van der Waals surface area contributed by atoms with Gasteiger partial charge in [0, 0.05) is 17.0 Å². The van der Waals surface area contributed by atoms with Crippen LogP contribution in [0.4, 0.5) is 0 Å². The lowest BCUT2D eigenvalue weighted by Gasteiger charge is -2.12. The zero-order valence-corrected chi connectivity index (χ0v) is 16.3. The van der Waals surface area contributed by atoms with Gasteiger partial charge in [-0.3, -0.25) is 9.36 Å². The summed E-state index contributed by atoms with van der Waals surface area (Å²) in [5, 5.41) is 9.89. The number of cyclic esters (lactones) is 1. The van der Waals surface area contributed by atoms with Crippen LogP contribution in [-0.4, -0.2) is 32.1 Å². The van der Waals surface area contributed by atoms with Gasteiger partial charge in [-0.05, 0) is 36.8 Å². The Labute approximate surface area is 166 Å². The second kappa shape index (κ2) is 7.74. The van der Waals surface area contributed by atoms with Crippen LogP contribution in [0.15, 0.2) is 59.8 Å². The first-order valence-electron chi connectivity index (χ1n) is 8.70. The van der Waals surface area contributed by atoms with Gasteiger partial charge >= 0.3 is 5.97 Å². The van der Waals surface area contributed by atoms with Gasteiger partial charge in [-0.1, -0.05) is 53.7 Å². The third-order valence-electron chi connectivity index (χ3n) is 4.38. The summed E-state index contributed by atoms with van der Waals surface area (Å²) in [5.41, 5.74) is 2.06. The summed E-state index contributed by atoms with van der Waals surface area (Å²) >= 11 is 7.43. The summed E-state index contributed by atoms with van der Waals surface area (Å²) in [7, 11) is 0. The number of nitrogens with zero attached hydrogens (tertiary/aromatic N) is 3. The van der Waals surface area contributed by atoms with E-state index in [1.165, 1.54) is 11.8 Å². The molecular weight excluding hydrogens is 382 g/mol. The molecule has 0 N–H and O–H groups in total. The van der Waals surface area contributed by atoms with Gasteiger partial charge in [0.25, 0.3) is 0 Å². The smallest absolute Gasteiger partial charge is 0.319 e. The summed E-state index contributed by atoms with van der Waals surface area (Å²) in [6.07, 6.45) is 0.620. The van der Waals surface area contributed by atoms with Crippen LogP contribution in [0.3, 0.4) is 0 Å². The Bertz CT molecular complexity index is 944. The van der Waals surface area contributed by atoms with Gasteiger partial charge < -0.3 is 4.74 Å². The van der Waals surface area contributed by atoms with Gasteiger partial charge in [-0.15, -0.1) is 10.2 Å². The number of aromatic nitrogens is 3. The number of esters is 1. The monoisotopic (exact) mass is 399 g/mol. The van der Waals surface area contributed by atoms with Crippen LogP contribution >= 0.6 is 23.4 Å². The number of hydrogen-bond acceptors (Lipinski definition) is 5. The fourth-order valence-electron chi connectivity index (χ4n) is 3.04. The van der Waals surface area contributed by atoms with E-state index >= 15 is 0 Å². The van der Waals surface area contributed by atoms with E-state index in [0.717, 1.165) is 17.0 Å². The lowest BCUT2D eigenvalue weighted by molar-refractivity contribution is -0.140. The van der Waals surface area contributed by atoms with Gasteiger partial charge in [0.2, 0.25) is 0 Å². The fourth-order valence-corrected chi connectivity index (χ4v) is 4.31. The van der Waals surface area contributed by atoms with Gasteiger partial charge in [0.1, 0.15) is 11.4 Å². The predicted octanol–water partition coefficient (Wildman–Crippen LogP) is 4.44. The van der Waals surface area contributed by atoms with Gasteiger partial charge in [0.15, 0.2) is 11.0 Å². The van der Waals surface area contributed by atoms with Crippen molar-refractivity contribution in [3.63, 3.8) is 0 Å². The molecule has 3 aromatic rings. The molecule has 1 aromatic heterocycles. The number of hydrogen-bond donors (Lipinski definition) is 0. The predicted molar refractivity (Wildman–Crippen MR) is 106 cm³/mol. The third-order valence-corrected chi connectivity index (χ3v) is 5.81. The summed E-state index contributed by atoms with van der Waals surface area (Å²) < 4.78 is 7.32. The third kappa shape index (κ3) is 4.01. The van der Waals surface area contributed by atoms with Crippen LogP contribution in [-0.2, 0) is 16.1 Å². The van der Waals surface area contributed by atoms with E-state index < -0.39 is 0 Å². The van der Waals surface area contributed by atoms with Crippen molar-refractivity contribution >= 4 is 29.3 Å². The zero-order valence-electron chi connectivity index (χ0n) is 14.7. The van der Waals surface area contributed by atoms with E-state index in [-0.39, 0.29) is 17.3 Å². The van der Waals surface area contributed by atoms with Crippen molar-refractivity contribution in [1.29, 1.82) is 0 Å². The maximum Gasteiger partial charge on any atom is 0.319 e. The standard InChI is InChI=1S/C20H18ClN3O2S/c1-13-11-17(19(25)26-13)27-20-23-22-18(15-7-9-16(21)10-8-15)24(20)12-14-5-3-2-4-6-14/h2-10,13,17H,11-12H2,1H3/t13-,17+/m1/s1. The highest BCUT2D eigenvalue weighted by molar-refractivity contribution is 8.00. The van der Waals surface area contributed by atoms with E-state index in [9.17, 15) is 4.79 Å². The van der Waals surface area contributed by atoms with Crippen LogP contribution < -0.4 is 0 Å². The highest BCUT2D eigenvalue weighted by atomic mass is 35.5. The van der Waals surface area contributed by atoms with E-state index in [1.807, 2.05) is 54.0 Å². The molecule has 1 aliphatic heterocycles. The van der Waals surface area contributed by atoms with Crippen molar-refractivity contribution in [2.24, 2.45) is 0 Å². The van der Waals surface area contributed by atoms with Gasteiger partial charge in [-0.2, -0.15) is 0 Å². The lowest BCUT2D eigenvalue weighted by Crippen LogP contribution is -2.12. The second-order valence-electron chi connectivity index (χ2n) is 6.47. The van der Waals surface area contributed by atoms with Crippen LogP contribution in [0.25, 0.3) is 11.4 Å². The first kappa shape index (κ1) is 18.1. The van der Waals surface area contributed by atoms with Crippen molar-refractivity contribution in [3.05, 3.63) is 65.2 Å². The van der Waals surface area contributed by atoms with E-state index in [2.05, 4.69) is 22.3 Å². The molecule has 0 bridgehead atoms. The number of rotatable bonds is 5. The Morgan fingerprint density at radius 1 is 1.15 bits per heavy atom. The molecule has 1 saturated heterocycles. The van der Waals surface area contributed by atoms with Crippen molar-refractivity contribution in [1.82, 2.24) is 14.8 Å². The molecule has 0 amide bonds. The van der Waals surface area contributed by atoms with Crippen LogP contribution in [0.2, 0.25) is 5.02 Å². The molecule has 2 heterocycles. The van der Waals surface area contributed by atoms with Crippen molar-refractivity contribution < 1.29 is 9.53 Å². The van der Waals surface area contributed by atoms with E-state index in [0.29, 0.717) is 23.1 Å². The van der Waals surface area contributed by atoms with Gasteiger partial charge in [-0.25, -0.2) is 0 Å². The van der Waals surface area contributed by atoms with Gasteiger partial charge in [0.05, 0.1) is 6.54 Å². The molecule has 2 aromatic carbocycles. The molecule has 2 atom stereocenters. The Kier molecular flexibility index (Phi) is 5.18. The summed E-state index contributed by atoms with van der Waals surface area (Å²) in [5.74, 6) is 0.562. The van der Waals surface area contributed by atoms with Crippen molar-refractivity contribution in [2.75, 3.05) is 0 Å². The Morgan fingerprint density at radius 3 is 2.56 bits per heavy atom. The summed E-state index contributed by atoms with van der Waals surface area (Å²) in [6, 6.07) is 17.6. The van der Waals surface area contributed by atoms with Crippen molar-refractivity contribution in [3.8, 4) is 11.4 Å². The molecule has 1 fully saturated rings. The molecule has 27 heavy (non-hydrogen) atoms.